The summed E-state index contributed by atoms with van der Waals surface area (Å²) in [6.45, 7) is 5.22. The summed E-state index contributed by atoms with van der Waals surface area (Å²) < 4.78 is 4.86. The molecule has 0 saturated heterocycles. The first-order valence-corrected chi connectivity index (χ1v) is 6.39. The number of carbonyl (C=O) groups excluding carboxylic acids is 2. The Hall–Kier alpha value is -1.68. The molecular weight excluding hydrogens is 244 g/mol. The minimum absolute atomic E-state index is 0.174. The molecule has 1 rings (SSSR count). The van der Waals surface area contributed by atoms with Crippen molar-refractivity contribution in [1.82, 2.24) is 0 Å². The van der Waals surface area contributed by atoms with Gasteiger partial charge in [-0.1, -0.05) is 44.2 Å². The third kappa shape index (κ3) is 3.64. The SMILES string of the molecule is CCOC(=O)C(O)(CC(=O)c1ccccc1)C(C)C. The number of carbonyl (C=O) groups is 2. The summed E-state index contributed by atoms with van der Waals surface area (Å²) in [4.78, 5) is 24.0. The number of ketones is 1. The van der Waals surface area contributed by atoms with Crippen LogP contribution >= 0.6 is 0 Å². The smallest absolute Gasteiger partial charge is 0.338 e. The van der Waals surface area contributed by atoms with Gasteiger partial charge < -0.3 is 9.84 Å². The van der Waals surface area contributed by atoms with Crippen LogP contribution < -0.4 is 0 Å². The van der Waals surface area contributed by atoms with Crippen molar-refractivity contribution in [2.45, 2.75) is 32.8 Å². The van der Waals surface area contributed by atoms with Crippen molar-refractivity contribution in [3.05, 3.63) is 35.9 Å². The number of esters is 1. The van der Waals surface area contributed by atoms with Crippen molar-refractivity contribution >= 4 is 11.8 Å². The van der Waals surface area contributed by atoms with Gasteiger partial charge in [-0.25, -0.2) is 4.79 Å². The highest BCUT2D eigenvalue weighted by molar-refractivity contribution is 5.99. The van der Waals surface area contributed by atoms with Crippen LogP contribution in [0.3, 0.4) is 0 Å². The van der Waals surface area contributed by atoms with Crippen molar-refractivity contribution in [3.8, 4) is 0 Å². The molecule has 104 valence electrons. The third-order valence-corrected chi connectivity index (χ3v) is 3.11. The lowest BCUT2D eigenvalue weighted by molar-refractivity contribution is -0.169. The van der Waals surface area contributed by atoms with Crippen LogP contribution in [0.2, 0.25) is 0 Å². The van der Waals surface area contributed by atoms with Gasteiger partial charge in [0.05, 0.1) is 13.0 Å². The number of benzene rings is 1. The minimum Gasteiger partial charge on any atom is -0.464 e. The van der Waals surface area contributed by atoms with E-state index < -0.39 is 17.5 Å². The van der Waals surface area contributed by atoms with Crippen LogP contribution in [-0.4, -0.2) is 29.1 Å². The van der Waals surface area contributed by atoms with Crippen LogP contribution in [0.1, 0.15) is 37.6 Å². The zero-order valence-corrected chi connectivity index (χ0v) is 11.6. The highest BCUT2D eigenvalue weighted by Crippen LogP contribution is 2.25. The molecule has 0 aliphatic carbocycles. The lowest BCUT2D eigenvalue weighted by Crippen LogP contribution is -2.46. The molecule has 1 aromatic rings. The van der Waals surface area contributed by atoms with Gasteiger partial charge >= 0.3 is 5.97 Å². The molecule has 0 aliphatic heterocycles. The van der Waals surface area contributed by atoms with E-state index in [1.807, 2.05) is 0 Å². The van der Waals surface area contributed by atoms with Crippen LogP contribution in [0.15, 0.2) is 30.3 Å². The standard InChI is InChI=1S/C15H20O4/c1-4-19-14(17)15(18,11(2)3)10-13(16)12-8-6-5-7-9-12/h5-9,11,18H,4,10H2,1-3H3. The Morgan fingerprint density at radius 3 is 2.32 bits per heavy atom. The highest BCUT2D eigenvalue weighted by Gasteiger charge is 2.42. The molecule has 1 N–H and O–H groups in total. The van der Waals surface area contributed by atoms with E-state index >= 15 is 0 Å². The maximum absolute atomic E-state index is 12.1. The average Bonchev–Trinajstić information content (AvgIpc) is 2.39. The second kappa shape index (κ2) is 6.48. The number of ether oxygens (including phenoxy) is 1. The normalized spacial score (nSPS) is 13.9. The van der Waals surface area contributed by atoms with Crippen LogP contribution in [-0.2, 0) is 9.53 Å². The number of Topliss-reactive ketones (excluding diaryl/α,β-unsaturated/α-hetero) is 1. The van der Waals surface area contributed by atoms with E-state index in [0.717, 1.165) is 0 Å². The average molecular weight is 264 g/mol. The van der Waals surface area contributed by atoms with Gasteiger partial charge in [0, 0.05) is 5.56 Å². The Balaban J connectivity index is 2.91. The van der Waals surface area contributed by atoms with Crippen LogP contribution in [0.25, 0.3) is 0 Å². The zero-order chi connectivity index (χ0) is 14.5. The molecule has 1 aromatic carbocycles. The largest absolute Gasteiger partial charge is 0.464 e. The van der Waals surface area contributed by atoms with Gasteiger partial charge in [-0.05, 0) is 12.8 Å². The zero-order valence-electron chi connectivity index (χ0n) is 11.6. The van der Waals surface area contributed by atoms with Crippen molar-refractivity contribution in [2.75, 3.05) is 6.61 Å². The molecule has 0 radical (unpaired) electrons. The van der Waals surface area contributed by atoms with Crippen molar-refractivity contribution in [1.29, 1.82) is 0 Å². The monoisotopic (exact) mass is 264 g/mol. The quantitative estimate of drug-likeness (QED) is 0.632. The number of hydrogen-bond donors (Lipinski definition) is 1. The first kappa shape index (κ1) is 15.4. The molecule has 4 heteroatoms. The van der Waals surface area contributed by atoms with Crippen LogP contribution in [0.4, 0.5) is 0 Å². The molecule has 0 aliphatic rings. The fraction of sp³-hybridized carbons (Fsp3) is 0.467. The lowest BCUT2D eigenvalue weighted by atomic mass is 9.84. The second-order valence-electron chi connectivity index (χ2n) is 4.77. The predicted octanol–water partition coefficient (Wildman–Crippen LogP) is 2.21. The Morgan fingerprint density at radius 1 is 1.26 bits per heavy atom. The third-order valence-electron chi connectivity index (χ3n) is 3.11. The Bertz CT molecular complexity index is 439. The van der Waals surface area contributed by atoms with E-state index in [0.29, 0.717) is 5.56 Å². The minimum atomic E-state index is -1.77. The molecule has 0 heterocycles. The molecule has 0 saturated carbocycles. The molecule has 0 amide bonds. The molecule has 19 heavy (non-hydrogen) atoms. The van der Waals surface area contributed by atoms with Gasteiger partial charge in [-0.15, -0.1) is 0 Å². The second-order valence-corrected chi connectivity index (χ2v) is 4.77. The first-order chi connectivity index (χ1) is 8.91. The van der Waals surface area contributed by atoms with Crippen molar-refractivity contribution < 1.29 is 19.4 Å². The molecule has 0 aromatic heterocycles. The summed E-state index contributed by atoms with van der Waals surface area (Å²) in [6, 6.07) is 8.61. The first-order valence-electron chi connectivity index (χ1n) is 6.39. The summed E-state index contributed by atoms with van der Waals surface area (Å²) in [7, 11) is 0. The van der Waals surface area contributed by atoms with Crippen LogP contribution in [0.5, 0.6) is 0 Å². The van der Waals surface area contributed by atoms with Gasteiger partial charge in [-0.2, -0.15) is 0 Å². The summed E-state index contributed by atoms with van der Waals surface area (Å²) in [5, 5.41) is 10.4. The topological polar surface area (TPSA) is 63.6 Å². The summed E-state index contributed by atoms with van der Waals surface area (Å²) >= 11 is 0. The van der Waals surface area contributed by atoms with Gasteiger partial charge in [0.25, 0.3) is 0 Å². The van der Waals surface area contributed by atoms with E-state index in [1.54, 1.807) is 51.1 Å². The maximum Gasteiger partial charge on any atom is 0.338 e. The van der Waals surface area contributed by atoms with E-state index in [4.69, 9.17) is 4.74 Å². The van der Waals surface area contributed by atoms with Crippen LogP contribution in [0, 0.1) is 5.92 Å². The highest BCUT2D eigenvalue weighted by atomic mass is 16.5. The number of aliphatic hydroxyl groups is 1. The molecular formula is C15H20O4. The molecule has 0 fully saturated rings. The van der Waals surface area contributed by atoms with E-state index in [9.17, 15) is 14.7 Å². The van der Waals surface area contributed by atoms with Crippen molar-refractivity contribution in [2.24, 2.45) is 5.92 Å². The number of rotatable bonds is 6. The molecule has 1 atom stereocenters. The summed E-state index contributed by atoms with van der Waals surface area (Å²) in [5.74, 6) is -1.42. The summed E-state index contributed by atoms with van der Waals surface area (Å²) in [5.41, 5.74) is -1.30. The Labute approximate surface area is 113 Å². The molecule has 0 bridgehead atoms. The molecule has 0 spiro atoms. The van der Waals surface area contributed by atoms with Gasteiger partial charge in [0.2, 0.25) is 0 Å². The summed E-state index contributed by atoms with van der Waals surface area (Å²) in [6.07, 6.45) is -0.270. The molecule has 1 unspecified atom stereocenters. The van der Waals surface area contributed by atoms with Crippen molar-refractivity contribution in [3.63, 3.8) is 0 Å². The predicted molar refractivity (Wildman–Crippen MR) is 71.8 cm³/mol. The van der Waals surface area contributed by atoms with Gasteiger partial charge in [0.1, 0.15) is 0 Å². The number of hydrogen-bond acceptors (Lipinski definition) is 4. The molecule has 4 nitrogen and oxygen atoms in total. The van der Waals surface area contributed by atoms with Gasteiger partial charge in [-0.3, -0.25) is 4.79 Å². The Morgan fingerprint density at radius 2 is 1.84 bits per heavy atom. The fourth-order valence-electron chi connectivity index (χ4n) is 1.74. The van der Waals surface area contributed by atoms with E-state index in [1.165, 1.54) is 0 Å². The fourth-order valence-corrected chi connectivity index (χ4v) is 1.74. The van der Waals surface area contributed by atoms with E-state index in [2.05, 4.69) is 0 Å². The maximum atomic E-state index is 12.1. The van der Waals surface area contributed by atoms with Gasteiger partial charge in [0.15, 0.2) is 11.4 Å². The Kier molecular flexibility index (Phi) is 5.24. The van der Waals surface area contributed by atoms with E-state index in [-0.39, 0.29) is 18.8 Å². The lowest BCUT2D eigenvalue weighted by Gasteiger charge is -2.28.